The summed E-state index contributed by atoms with van der Waals surface area (Å²) in [6, 6.07) is 12.2. The molecule has 1 saturated heterocycles. The number of benzene rings is 1. The smallest absolute Gasteiger partial charge is 0.317 e. The van der Waals surface area contributed by atoms with Crippen LogP contribution in [0.5, 0.6) is 6.01 Å². The van der Waals surface area contributed by atoms with Crippen molar-refractivity contribution in [2.45, 2.75) is 39.2 Å². The van der Waals surface area contributed by atoms with Gasteiger partial charge in [-0.15, -0.1) is 0 Å². The summed E-state index contributed by atoms with van der Waals surface area (Å²) >= 11 is 0. The van der Waals surface area contributed by atoms with Gasteiger partial charge in [0.1, 0.15) is 6.10 Å². The number of ether oxygens (including phenoxy) is 1. The summed E-state index contributed by atoms with van der Waals surface area (Å²) in [4.78, 5) is 23.1. The third kappa shape index (κ3) is 4.31. The molecule has 2 heterocycles. The number of hydrogen-bond donors (Lipinski definition) is 0. The first-order chi connectivity index (χ1) is 11.6. The summed E-state index contributed by atoms with van der Waals surface area (Å²) in [5.41, 5.74) is 2.83. The van der Waals surface area contributed by atoms with E-state index < -0.39 is 0 Å². The molecule has 0 N–H and O–H groups in total. The standard InChI is InChI=1S/C19H23N3O2/c1-14-11-15(2)21-19(20-14)24-17-9-6-10-22(13-17)18(23)12-16-7-4-3-5-8-16/h3-5,7-8,11,17H,6,9-10,12-13H2,1-2H3. The lowest BCUT2D eigenvalue weighted by molar-refractivity contribution is -0.133. The number of aryl methyl sites for hydroxylation is 2. The number of carbonyl (C=O) groups excluding carboxylic acids is 1. The van der Waals surface area contributed by atoms with Crippen LogP contribution in [-0.4, -0.2) is 40.0 Å². The minimum absolute atomic E-state index is 0.0420. The number of nitrogens with zero attached hydrogens (tertiary/aromatic N) is 3. The molecule has 1 amide bonds. The SMILES string of the molecule is Cc1cc(C)nc(OC2CCCN(C(=O)Cc3ccccc3)C2)n1. The van der Waals surface area contributed by atoms with E-state index in [0.717, 1.165) is 36.3 Å². The Labute approximate surface area is 142 Å². The lowest BCUT2D eigenvalue weighted by Gasteiger charge is -2.32. The average molecular weight is 325 g/mol. The number of amides is 1. The zero-order chi connectivity index (χ0) is 16.9. The third-order valence-electron chi connectivity index (χ3n) is 4.16. The molecule has 1 aliphatic heterocycles. The van der Waals surface area contributed by atoms with Crippen LogP contribution in [-0.2, 0) is 11.2 Å². The largest absolute Gasteiger partial charge is 0.458 e. The fraction of sp³-hybridized carbons (Fsp3) is 0.421. The Hall–Kier alpha value is -2.43. The Balaban J connectivity index is 1.60. The number of likely N-dealkylation sites (tertiary alicyclic amines) is 1. The molecular formula is C19H23N3O2. The highest BCUT2D eigenvalue weighted by Crippen LogP contribution is 2.17. The quantitative estimate of drug-likeness (QED) is 0.867. The second kappa shape index (κ2) is 7.43. The van der Waals surface area contributed by atoms with Crippen LogP contribution in [0.4, 0.5) is 0 Å². The molecule has 3 rings (SSSR count). The molecule has 1 atom stereocenters. The van der Waals surface area contributed by atoms with E-state index in [1.807, 2.05) is 55.1 Å². The van der Waals surface area contributed by atoms with E-state index in [9.17, 15) is 4.79 Å². The summed E-state index contributed by atoms with van der Waals surface area (Å²) in [5, 5.41) is 0. The monoisotopic (exact) mass is 325 g/mol. The van der Waals surface area contributed by atoms with Crippen molar-refractivity contribution in [1.82, 2.24) is 14.9 Å². The summed E-state index contributed by atoms with van der Waals surface area (Å²) in [5.74, 6) is 0.149. The van der Waals surface area contributed by atoms with Crippen molar-refractivity contribution in [3.8, 4) is 6.01 Å². The van der Waals surface area contributed by atoms with Gasteiger partial charge in [0.15, 0.2) is 0 Å². The predicted molar refractivity (Wildman–Crippen MR) is 91.9 cm³/mol. The van der Waals surface area contributed by atoms with Gasteiger partial charge in [-0.25, -0.2) is 9.97 Å². The molecule has 0 radical (unpaired) electrons. The fourth-order valence-electron chi connectivity index (χ4n) is 3.04. The first-order valence-electron chi connectivity index (χ1n) is 8.41. The van der Waals surface area contributed by atoms with E-state index in [2.05, 4.69) is 9.97 Å². The second-order valence-electron chi connectivity index (χ2n) is 6.32. The van der Waals surface area contributed by atoms with Gasteiger partial charge in [-0.05, 0) is 38.3 Å². The molecule has 126 valence electrons. The Morgan fingerprint density at radius 2 is 1.92 bits per heavy atom. The highest BCUT2D eigenvalue weighted by atomic mass is 16.5. The highest BCUT2D eigenvalue weighted by Gasteiger charge is 2.25. The van der Waals surface area contributed by atoms with E-state index in [1.54, 1.807) is 0 Å². The van der Waals surface area contributed by atoms with E-state index in [4.69, 9.17) is 4.74 Å². The van der Waals surface area contributed by atoms with E-state index in [-0.39, 0.29) is 12.0 Å². The zero-order valence-corrected chi connectivity index (χ0v) is 14.2. The Morgan fingerprint density at radius 3 is 2.62 bits per heavy atom. The van der Waals surface area contributed by atoms with Gasteiger partial charge >= 0.3 is 6.01 Å². The van der Waals surface area contributed by atoms with E-state index in [1.165, 1.54) is 0 Å². The molecule has 0 spiro atoms. The van der Waals surface area contributed by atoms with Crippen LogP contribution in [0.1, 0.15) is 29.8 Å². The van der Waals surface area contributed by atoms with Crippen molar-refractivity contribution < 1.29 is 9.53 Å². The number of piperidine rings is 1. The van der Waals surface area contributed by atoms with Crippen molar-refractivity contribution >= 4 is 5.91 Å². The molecule has 0 saturated carbocycles. The third-order valence-corrected chi connectivity index (χ3v) is 4.16. The summed E-state index contributed by atoms with van der Waals surface area (Å²) in [7, 11) is 0. The van der Waals surface area contributed by atoms with Gasteiger partial charge < -0.3 is 9.64 Å². The molecule has 1 aromatic carbocycles. The summed E-state index contributed by atoms with van der Waals surface area (Å²) < 4.78 is 5.93. The Kier molecular flexibility index (Phi) is 5.08. The van der Waals surface area contributed by atoms with Gasteiger partial charge in [0.05, 0.1) is 13.0 Å². The Bertz CT molecular complexity index is 683. The molecular weight excluding hydrogens is 302 g/mol. The molecule has 0 aliphatic carbocycles. The van der Waals surface area contributed by atoms with Crippen LogP contribution in [0.3, 0.4) is 0 Å². The highest BCUT2D eigenvalue weighted by molar-refractivity contribution is 5.78. The summed E-state index contributed by atoms with van der Waals surface area (Å²) in [6.07, 6.45) is 2.26. The summed E-state index contributed by atoms with van der Waals surface area (Å²) in [6.45, 7) is 5.25. The van der Waals surface area contributed by atoms with E-state index >= 15 is 0 Å². The van der Waals surface area contributed by atoms with Gasteiger partial charge in [-0.3, -0.25) is 4.79 Å². The Morgan fingerprint density at radius 1 is 1.21 bits per heavy atom. The first kappa shape index (κ1) is 16.4. The van der Waals surface area contributed by atoms with Crippen molar-refractivity contribution in [2.75, 3.05) is 13.1 Å². The van der Waals surface area contributed by atoms with Gasteiger partial charge in [0.2, 0.25) is 5.91 Å². The van der Waals surface area contributed by atoms with Gasteiger partial charge in [-0.1, -0.05) is 30.3 Å². The topological polar surface area (TPSA) is 55.3 Å². The molecule has 0 bridgehead atoms. The minimum atomic E-state index is -0.0420. The molecule has 1 aliphatic rings. The van der Waals surface area contributed by atoms with Crippen LogP contribution in [0.25, 0.3) is 0 Å². The molecule has 1 unspecified atom stereocenters. The van der Waals surface area contributed by atoms with Crippen LogP contribution >= 0.6 is 0 Å². The van der Waals surface area contributed by atoms with Crippen LogP contribution in [0, 0.1) is 13.8 Å². The first-order valence-corrected chi connectivity index (χ1v) is 8.41. The molecule has 1 fully saturated rings. The van der Waals surface area contributed by atoms with Crippen LogP contribution < -0.4 is 4.74 Å². The molecule has 2 aromatic rings. The maximum absolute atomic E-state index is 12.5. The number of aromatic nitrogens is 2. The van der Waals surface area contributed by atoms with Crippen molar-refractivity contribution in [1.29, 1.82) is 0 Å². The molecule has 5 nitrogen and oxygen atoms in total. The van der Waals surface area contributed by atoms with Crippen LogP contribution in [0.2, 0.25) is 0 Å². The van der Waals surface area contributed by atoms with Crippen molar-refractivity contribution in [3.63, 3.8) is 0 Å². The number of carbonyl (C=O) groups is 1. The maximum atomic E-state index is 12.5. The maximum Gasteiger partial charge on any atom is 0.317 e. The van der Waals surface area contributed by atoms with E-state index in [0.29, 0.717) is 19.0 Å². The van der Waals surface area contributed by atoms with Crippen LogP contribution in [0.15, 0.2) is 36.4 Å². The lowest BCUT2D eigenvalue weighted by Crippen LogP contribution is -2.45. The van der Waals surface area contributed by atoms with Crippen molar-refractivity contribution in [3.05, 3.63) is 53.3 Å². The predicted octanol–water partition coefficient (Wildman–Crippen LogP) is 2.71. The minimum Gasteiger partial charge on any atom is -0.458 e. The number of rotatable bonds is 4. The lowest BCUT2D eigenvalue weighted by atomic mass is 10.1. The average Bonchev–Trinajstić information content (AvgIpc) is 2.55. The molecule has 24 heavy (non-hydrogen) atoms. The van der Waals surface area contributed by atoms with Gasteiger partial charge in [-0.2, -0.15) is 0 Å². The van der Waals surface area contributed by atoms with Gasteiger partial charge in [0, 0.05) is 17.9 Å². The second-order valence-corrected chi connectivity index (χ2v) is 6.32. The zero-order valence-electron chi connectivity index (χ0n) is 14.2. The fourth-order valence-corrected chi connectivity index (χ4v) is 3.04. The molecule has 5 heteroatoms. The van der Waals surface area contributed by atoms with Gasteiger partial charge in [0.25, 0.3) is 0 Å². The number of hydrogen-bond acceptors (Lipinski definition) is 4. The normalized spacial score (nSPS) is 17.6. The van der Waals surface area contributed by atoms with Crippen molar-refractivity contribution in [2.24, 2.45) is 0 Å². The molecule has 1 aromatic heterocycles.